The van der Waals surface area contributed by atoms with Crippen LogP contribution in [0, 0.1) is 0 Å². The van der Waals surface area contributed by atoms with E-state index in [0.717, 1.165) is 5.69 Å². The number of fused-ring (bicyclic) bond motifs is 1. The number of carbonyl (C=O) groups is 2. The molecule has 0 saturated carbocycles. The first-order valence-corrected chi connectivity index (χ1v) is 10.1. The zero-order valence-electron chi connectivity index (χ0n) is 17.0. The molecule has 162 valence electrons. The number of ether oxygens (including phenoxy) is 1. The van der Waals surface area contributed by atoms with Gasteiger partial charge >= 0.3 is 17.6 Å². The smallest absolute Gasteiger partial charge is 0.417 e. The van der Waals surface area contributed by atoms with Gasteiger partial charge in [0.05, 0.1) is 17.6 Å². The van der Waals surface area contributed by atoms with E-state index in [1.54, 1.807) is 30.2 Å². The Bertz CT molecular complexity index is 1200. The fourth-order valence-electron chi connectivity index (χ4n) is 3.68. The second-order valence-electron chi connectivity index (χ2n) is 7.29. The average molecular weight is 445 g/mol. The lowest BCUT2D eigenvalue weighted by atomic mass is 10.1. The molecule has 1 aliphatic heterocycles. The molecule has 9 nitrogen and oxygen atoms in total. The summed E-state index contributed by atoms with van der Waals surface area (Å²) in [6, 6.07) is 10.0. The highest BCUT2D eigenvalue weighted by Gasteiger charge is 2.31. The van der Waals surface area contributed by atoms with Gasteiger partial charge in [-0.15, -0.1) is 0 Å². The Morgan fingerprint density at radius 3 is 2.77 bits per heavy atom. The third-order valence-electron chi connectivity index (χ3n) is 5.26. The molecular formula is C21H21ClN4O5. The first kappa shape index (κ1) is 20.8. The van der Waals surface area contributed by atoms with Crippen molar-refractivity contribution < 1.29 is 18.7 Å². The van der Waals surface area contributed by atoms with Crippen LogP contribution in [0.15, 0.2) is 45.6 Å². The second kappa shape index (κ2) is 8.35. The number of H-pyrrole nitrogens is 1. The van der Waals surface area contributed by atoms with Crippen molar-refractivity contribution in [2.24, 2.45) is 0 Å². The van der Waals surface area contributed by atoms with E-state index in [1.165, 1.54) is 6.07 Å². The third kappa shape index (κ3) is 4.22. The van der Waals surface area contributed by atoms with Crippen LogP contribution in [0.1, 0.15) is 6.92 Å². The summed E-state index contributed by atoms with van der Waals surface area (Å²) >= 11 is 6.10. The minimum atomic E-state index is -0.745. The van der Waals surface area contributed by atoms with Crippen LogP contribution in [0.4, 0.5) is 11.4 Å². The largest absolute Gasteiger partial charge is 0.495 e. The van der Waals surface area contributed by atoms with Crippen LogP contribution in [0.2, 0.25) is 5.02 Å². The Hall–Kier alpha value is -3.46. The number of halogens is 1. The number of oxazole rings is 1. The lowest BCUT2D eigenvalue weighted by Gasteiger charge is -2.40. The minimum absolute atomic E-state index is 0.182. The molecule has 0 bridgehead atoms. The monoisotopic (exact) mass is 444 g/mol. The summed E-state index contributed by atoms with van der Waals surface area (Å²) in [5, 5.41) is 3.10. The van der Waals surface area contributed by atoms with Crippen molar-refractivity contribution in [1.82, 2.24) is 9.88 Å². The van der Waals surface area contributed by atoms with Crippen molar-refractivity contribution in [3.8, 4) is 5.75 Å². The molecular weight excluding hydrogens is 424 g/mol. The summed E-state index contributed by atoms with van der Waals surface area (Å²) in [6.45, 7) is 3.41. The van der Waals surface area contributed by atoms with Crippen molar-refractivity contribution >= 4 is 45.9 Å². The molecule has 0 aliphatic carbocycles. The molecule has 2 heterocycles. The first-order chi connectivity index (χ1) is 14.9. The maximum absolute atomic E-state index is 12.7. The normalized spacial score (nSPS) is 16.4. The number of anilines is 2. The van der Waals surface area contributed by atoms with Gasteiger partial charge in [0, 0.05) is 49.2 Å². The number of piperazine rings is 1. The first-order valence-electron chi connectivity index (χ1n) is 9.69. The van der Waals surface area contributed by atoms with Gasteiger partial charge in [0.1, 0.15) is 5.75 Å². The third-order valence-corrected chi connectivity index (χ3v) is 5.57. The van der Waals surface area contributed by atoms with Crippen molar-refractivity contribution in [1.29, 1.82) is 0 Å². The Kier molecular flexibility index (Phi) is 5.60. The van der Waals surface area contributed by atoms with Crippen molar-refractivity contribution in [3.05, 3.63) is 52.0 Å². The Morgan fingerprint density at radius 2 is 2.03 bits per heavy atom. The number of methoxy groups -OCH3 is 1. The molecule has 1 aliphatic rings. The van der Waals surface area contributed by atoms with Gasteiger partial charge in [0.25, 0.3) is 0 Å². The number of amides is 2. The van der Waals surface area contributed by atoms with Crippen LogP contribution in [-0.4, -0.2) is 54.5 Å². The molecule has 1 saturated heterocycles. The molecule has 2 amide bonds. The van der Waals surface area contributed by atoms with E-state index in [0.29, 0.717) is 47.2 Å². The molecule has 1 fully saturated rings. The van der Waals surface area contributed by atoms with Crippen LogP contribution in [0.3, 0.4) is 0 Å². The molecule has 2 N–H and O–H groups in total. The van der Waals surface area contributed by atoms with E-state index in [-0.39, 0.29) is 6.04 Å². The van der Waals surface area contributed by atoms with Crippen molar-refractivity contribution in [2.45, 2.75) is 13.0 Å². The van der Waals surface area contributed by atoms with Gasteiger partial charge in [-0.25, -0.2) is 4.79 Å². The SMILES string of the molecule is COc1cc(N2CCN(C(=O)C(=O)Nc3ccc4[nH]c(=O)oc4c3)[C@H](C)C2)ccc1Cl. The maximum atomic E-state index is 12.7. The Morgan fingerprint density at radius 1 is 1.23 bits per heavy atom. The molecule has 0 unspecified atom stereocenters. The molecule has 3 aromatic rings. The van der Waals surface area contributed by atoms with Gasteiger partial charge in [0.15, 0.2) is 5.58 Å². The summed E-state index contributed by atoms with van der Waals surface area (Å²) in [6.07, 6.45) is 0. The van der Waals surface area contributed by atoms with E-state index >= 15 is 0 Å². The van der Waals surface area contributed by atoms with E-state index < -0.39 is 17.6 Å². The van der Waals surface area contributed by atoms with Gasteiger partial charge in [-0.3, -0.25) is 14.6 Å². The number of aromatic nitrogens is 1. The van der Waals surface area contributed by atoms with Crippen LogP contribution in [0.5, 0.6) is 5.75 Å². The number of benzene rings is 2. The molecule has 0 radical (unpaired) electrons. The van der Waals surface area contributed by atoms with Crippen molar-refractivity contribution in [3.63, 3.8) is 0 Å². The quantitative estimate of drug-likeness (QED) is 0.601. The topological polar surface area (TPSA) is 108 Å². The van der Waals surface area contributed by atoms with Crippen LogP contribution in [0.25, 0.3) is 11.1 Å². The molecule has 0 spiro atoms. The number of hydrogen-bond acceptors (Lipinski definition) is 6. The summed E-state index contributed by atoms with van der Waals surface area (Å²) < 4.78 is 10.3. The van der Waals surface area contributed by atoms with Gasteiger partial charge in [0.2, 0.25) is 0 Å². The molecule has 2 aromatic carbocycles. The van der Waals surface area contributed by atoms with Gasteiger partial charge in [-0.1, -0.05) is 11.6 Å². The lowest BCUT2D eigenvalue weighted by molar-refractivity contribution is -0.144. The van der Waals surface area contributed by atoms with Crippen LogP contribution >= 0.6 is 11.6 Å². The zero-order chi connectivity index (χ0) is 22.1. The van der Waals surface area contributed by atoms with Crippen LogP contribution in [-0.2, 0) is 9.59 Å². The number of carbonyl (C=O) groups excluding carboxylic acids is 2. The number of rotatable bonds is 3. The highest BCUT2D eigenvalue weighted by Crippen LogP contribution is 2.30. The molecule has 4 rings (SSSR count). The highest BCUT2D eigenvalue weighted by molar-refractivity contribution is 6.39. The Balaban J connectivity index is 1.41. The van der Waals surface area contributed by atoms with E-state index in [2.05, 4.69) is 15.2 Å². The maximum Gasteiger partial charge on any atom is 0.417 e. The molecule has 1 atom stereocenters. The fourth-order valence-corrected chi connectivity index (χ4v) is 3.87. The summed E-state index contributed by atoms with van der Waals surface area (Å²) in [5.74, 6) is -1.36. The Labute approximate surface area is 182 Å². The molecule has 1 aromatic heterocycles. The second-order valence-corrected chi connectivity index (χ2v) is 7.70. The summed E-state index contributed by atoms with van der Waals surface area (Å²) in [5.41, 5.74) is 2.12. The van der Waals surface area contributed by atoms with Crippen LogP contribution < -0.4 is 20.7 Å². The minimum Gasteiger partial charge on any atom is -0.495 e. The standard InChI is InChI=1S/C21H21ClN4O5/c1-12-11-25(14-4-5-15(22)17(10-14)30-2)7-8-26(12)20(28)19(27)23-13-3-6-16-18(9-13)31-21(29)24-16/h3-6,9-10,12H,7-8,11H2,1-2H3,(H,23,27)(H,24,29)/t12-/m1/s1. The van der Waals surface area contributed by atoms with Gasteiger partial charge < -0.3 is 24.3 Å². The van der Waals surface area contributed by atoms with Gasteiger partial charge in [-0.05, 0) is 31.2 Å². The van der Waals surface area contributed by atoms with Gasteiger partial charge in [-0.2, -0.15) is 0 Å². The highest BCUT2D eigenvalue weighted by atomic mass is 35.5. The molecule has 31 heavy (non-hydrogen) atoms. The van der Waals surface area contributed by atoms with E-state index in [9.17, 15) is 14.4 Å². The predicted octanol–water partition coefficient (Wildman–Crippen LogP) is 2.46. The van der Waals surface area contributed by atoms with E-state index in [1.807, 2.05) is 19.1 Å². The summed E-state index contributed by atoms with van der Waals surface area (Å²) in [4.78, 5) is 42.7. The van der Waals surface area contributed by atoms with E-state index in [4.69, 9.17) is 20.8 Å². The number of hydrogen-bond donors (Lipinski definition) is 2. The number of nitrogens with zero attached hydrogens (tertiary/aromatic N) is 2. The average Bonchev–Trinajstić information content (AvgIpc) is 3.12. The molecule has 10 heteroatoms. The summed E-state index contributed by atoms with van der Waals surface area (Å²) in [7, 11) is 1.56. The zero-order valence-corrected chi connectivity index (χ0v) is 17.7. The predicted molar refractivity (Wildman–Crippen MR) is 117 cm³/mol. The number of aromatic amines is 1. The lowest BCUT2D eigenvalue weighted by Crippen LogP contribution is -2.56. The number of nitrogens with one attached hydrogen (secondary N) is 2. The fraction of sp³-hybridized carbons (Fsp3) is 0.286. The van der Waals surface area contributed by atoms with Crippen molar-refractivity contribution in [2.75, 3.05) is 37.0 Å².